The van der Waals surface area contributed by atoms with Gasteiger partial charge in [-0.25, -0.2) is 18.7 Å². The number of hydrogen-bond acceptors (Lipinski definition) is 6. The number of halogens is 3. The Morgan fingerprint density at radius 1 is 1.36 bits per heavy atom. The lowest BCUT2D eigenvalue weighted by molar-refractivity contribution is -0.123. The molecule has 1 amide bonds. The molecule has 1 fully saturated rings. The Bertz CT molecular complexity index is 1310. The third-order valence-electron chi connectivity index (χ3n) is 6.69. The maximum absolute atomic E-state index is 14.3. The molecule has 2 aliphatic heterocycles. The number of carbonyl (C=O) groups excluding carboxylic acids is 1. The highest BCUT2D eigenvalue weighted by Gasteiger charge is 2.47. The summed E-state index contributed by atoms with van der Waals surface area (Å²) < 4.78 is 55.7. The zero-order valence-electron chi connectivity index (χ0n) is 23.3. The predicted molar refractivity (Wildman–Crippen MR) is 137 cm³/mol. The molecule has 0 unspecified atom stereocenters. The topological polar surface area (TPSA) is 70.6 Å². The maximum Gasteiger partial charge on any atom is 0.257 e. The predicted octanol–water partition coefficient (Wildman–Crippen LogP) is 4.52. The standard InChI is InChI=1S/C26H30ClF2N5O2/c1-15-12-34(13-16(2)26(15,28)29)25-31-11-20(27)21(32-25)9-18-6-7-22-19(8-18)10-23(17(3)33(22)5)36-14-24(35)30-4/h6-8,10-11,15-16H,3,9,12-14H2,1-2,4-5H3,(H,30,35)/t15-,16+/i4D3. The first kappa shape index (κ1) is 22.0. The van der Waals surface area contributed by atoms with E-state index in [0.717, 1.165) is 16.8 Å². The molecule has 0 aliphatic carbocycles. The molecule has 0 spiro atoms. The molecule has 1 aromatic heterocycles. The quantitative estimate of drug-likeness (QED) is 0.604. The van der Waals surface area contributed by atoms with Crippen LogP contribution in [0.1, 0.15) is 34.8 Å². The molecular weight excluding hydrogens is 488 g/mol. The number of ether oxygens (including phenoxy) is 1. The Labute approximate surface area is 219 Å². The van der Waals surface area contributed by atoms with Crippen LogP contribution in [0.25, 0.3) is 6.08 Å². The second kappa shape index (κ2) is 10.0. The number of hydrogen-bond donors (Lipinski definition) is 1. The molecule has 7 nitrogen and oxygen atoms in total. The van der Waals surface area contributed by atoms with Gasteiger partial charge in [0.1, 0.15) is 5.76 Å². The van der Waals surface area contributed by atoms with Crippen molar-refractivity contribution in [2.24, 2.45) is 11.8 Å². The molecule has 1 aromatic carbocycles. The van der Waals surface area contributed by atoms with Gasteiger partial charge in [0.2, 0.25) is 5.95 Å². The van der Waals surface area contributed by atoms with Crippen molar-refractivity contribution in [2.75, 3.05) is 43.5 Å². The first-order chi connectivity index (χ1) is 18.2. The van der Waals surface area contributed by atoms with E-state index in [1.807, 2.05) is 23.5 Å². The molecular formula is C26H30ClF2N5O2. The molecule has 36 heavy (non-hydrogen) atoms. The molecule has 2 aromatic rings. The monoisotopic (exact) mass is 520 g/mol. The SMILES string of the molecule is [2H]C([2H])([2H])NC(=O)COC1=Cc2cc(Cc3nc(N4C[C@@H](C)C(F)(F)[C@@H](C)C4)ncc3Cl)ccc2N(C)C1=C. The average molecular weight is 521 g/mol. The number of alkyl halides is 2. The number of anilines is 2. The minimum absolute atomic E-state index is 0.144. The summed E-state index contributed by atoms with van der Waals surface area (Å²) in [5.74, 6) is -4.50. The molecule has 1 N–H and O–H groups in total. The zero-order chi connectivity index (χ0) is 28.7. The molecule has 0 bridgehead atoms. The second-order valence-corrected chi connectivity index (χ2v) is 9.67. The Morgan fingerprint density at radius 3 is 2.78 bits per heavy atom. The number of piperidine rings is 1. The van der Waals surface area contributed by atoms with Crippen LogP contribution in [-0.4, -0.2) is 55.5 Å². The molecule has 1 saturated heterocycles. The van der Waals surface area contributed by atoms with Crippen molar-refractivity contribution in [3.05, 3.63) is 64.3 Å². The van der Waals surface area contributed by atoms with Gasteiger partial charge in [0.05, 0.1) is 22.6 Å². The van der Waals surface area contributed by atoms with Gasteiger partial charge in [-0.05, 0) is 23.8 Å². The van der Waals surface area contributed by atoms with Crippen molar-refractivity contribution in [3.8, 4) is 0 Å². The summed E-state index contributed by atoms with van der Waals surface area (Å²) in [6, 6.07) is 5.76. The van der Waals surface area contributed by atoms with E-state index in [2.05, 4.69) is 16.5 Å². The van der Waals surface area contributed by atoms with E-state index in [9.17, 15) is 13.6 Å². The summed E-state index contributed by atoms with van der Waals surface area (Å²) >= 11 is 6.42. The lowest BCUT2D eigenvalue weighted by Gasteiger charge is -2.41. The van der Waals surface area contributed by atoms with E-state index in [0.29, 0.717) is 34.5 Å². The fraction of sp³-hybridized carbons (Fsp3) is 0.423. The lowest BCUT2D eigenvalue weighted by Crippen LogP contribution is -2.52. The summed E-state index contributed by atoms with van der Waals surface area (Å²) in [6.07, 6.45) is 3.59. The van der Waals surface area contributed by atoms with Crippen LogP contribution in [0.3, 0.4) is 0 Å². The van der Waals surface area contributed by atoms with Crippen LogP contribution in [0, 0.1) is 11.8 Å². The molecule has 4 rings (SSSR count). The van der Waals surface area contributed by atoms with Gasteiger partial charge in [-0.15, -0.1) is 0 Å². The minimum Gasteiger partial charge on any atom is -0.482 e. The molecule has 0 radical (unpaired) electrons. The van der Waals surface area contributed by atoms with Crippen LogP contribution < -0.4 is 15.1 Å². The highest BCUT2D eigenvalue weighted by atomic mass is 35.5. The first-order valence-electron chi connectivity index (χ1n) is 13.0. The van der Waals surface area contributed by atoms with Crippen LogP contribution in [-0.2, 0) is 16.0 Å². The van der Waals surface area contributed by atoms with Crippen LogP contribution in [0.5, 0.6) is 0 Å². The van der Waals surface area contributed by atoms with Gasteiger partial charge in [0.25, 0.3) is 11.8 Å². The van der Waals surface area contributed by atoms with Crippen molar-refractivity contribution in [1.29, 1.82) is 0 Å². The smallest absolute Gasteiger partial charge is 0.257 e. The maximum atomic E-state index is 14.3. The number of fused-ring (bicyclic) bond motifs is 1. The molecule has 192 valence electrons. The van der Waals surface area contributed by atoms with Gasteiger partial charge in [-0.3, -0.25) is 4.79 Å². The number of rotatable bonds is 6. The van der Waals surface area contributed by atoms with Crippen LogP contribution >= 0.6 is 11.6 Å². The number of nitrogens with one attached hydrogen (secondary N) is 1. The Morgan fingerprint density at radius 2 is 2.08 bits per heavy atom. The summed E-state index contributed by atoms with van der Waals surface area (Å²) in [5.41, 5.74) is 3.60. The Balaban J connectivity index is 1.54. The number of amides is 1. The molecule has 0 saturated carbocycles. The number of nitrogens with zero attached hydrogens (tertiary/aromatic N) is 4. The van der Waals surface area contributed by atoms with E-state index in [4.69, 9.17) is 20.5 Å². The van der Waals surface area contributed by atoms with Gasteiger partial charge >= 0.3 is 0 Å². The summed E-state index contributed by atoms with van der Waals surface area (Å²) in [6.45, 7) is 4.27. The molecule has 3 heterocycles. The third kappa shape index (κ3) is 5.02. The molecule has 2 atom stereocenters. The molecule has 10 heteroatoms. The van der Waals surface area contributed by atoms with Gasteiger partial charge in [0, 0.05) is 60.7 Å². The third-order valence-corrected chi connectivity index (χ3v) is 7.00. The van der Waals surface area contributed by atoms with E-state index < -0.39 is 37.2 Å². The zero-order valence-corrected chi connectivity index (χ0v) is 21.1. The van der Waals surface area contributed by atoms with Crippen molar-refractivity contribution < 1.29 is 22.4 Å². The van der Waals surface area contributed by atoms with Crippen molar-refractivity contribution in [2.45, 2.75) is 26.2 Å². The van der Waals surface area contributed by atoms with Crippen molar-refractivity contribution >= 4 is 35.2 Å². The van der Waals surface area contributed by atoms with Crippen molar-refractivity contribution in [3.63, 3.8) is 0 Å². The fourth-order valence-corrected chi connectivity index (χ4v) is 4.62. The largest absolute Gasteiger partial charge is 0.482 e. The lowest BCUT2D eigenvalue weighted by atomic mass is 9.87. The fourth-order valence-electron chi connectivity index (χ4n) is 4.46. The number of carbonyl (C=O) groups is 1. The number of likely N-dealkylation sites (N-methyl/N-ethyl adjacent to an activating group) is 2. The normalized spacial score (nSPS) is 22.7. The van der Waals surface area contributed by atoms with Crippen LogP contribution in [0.4, 0.5) is 20.4 Å². The second-order valence-electron chi connectivity index (χ2n) is 9.27. The summed E-state index contributed by atoms with van der Waals surface area (Å²) in [5, 5.41) is 2.25. The number of aromatic nitrogens is 2. The highest BCUT2D eigenvalue weighted by molar-refractivity contribution is 6.31. The average Bonchev–Trinajstić information content (AvgIpc) is 2.84. The van der Waals surface area contributed by atoms with Gasteiger partial charge in [-0.1, -0.05) is 38.1 Å². The van der Waals surface area contributed by atoms with Gasteiger partial charge < -0.3 is 19.9 Å². The number of benzene rings is 1. The van der Waals surface area contributed by atoms with Gasteiger partial charge in [-0.2, -0.15) is 0 Å². The van der Waals surface area contributed by atoms with E-state index >= 15 is 0 Å². The van der Waals surface area contributed by atoms with E-state index in [-0.39, 0.29) is 13.1 Å². The Hall–Kier alpha value is -3.20. The van der Waals surface area contributed by atoms with E-state index in [1.54, 1.807) is 22.9 Å². The van der Waals surface area contributed by atoms with Crippen LogP contribution in [0.15, 0.2) is 42.4 Å². The van der Waals surface area contributed by atoms with E-state index in [1.165, 1.54) is 20.0 Å². The summed E-state index contributed by atoms with van der Waals surface area (Å²) in [4.78, 5) is 24.4. The molecule has 2 aliphatic rings. The van der Waals surface area contributed by atoms with Crippen LogP contribution in [0.2, 0.25) is 5.02 Å². The first-order valence-corrected chi connectivity index (χ1v) is 11.9. The van der Waals surface area contributed by atoms with Crippen molar-refractivity contribution in [1.82, 2.24) is 15.3 Å². The van der Waals surface area contributed by atoms with Gasteiger partial charge in [0.15, 0.2) is 6.61 Å². The highest BCUT2D eigenvalue weighted by Crippen LogP contribution is 2.39. The summed E-state index contributed by atoms with van der Waals surface area (Å²) in [7, 11) is 1.80. The Kier molecular flexibility index (Phi) is 6.15. The minimum atomic E-state index is -2.75.